The molecule has 1 aromatic rings. The Morgan fingerprint density at radius 3 is 2.37 bits per heavy atom. The van der Waals surface area contributed by atoms with Crippen molar-refractivity contribution in [1.82, 2.24) is 0 Å². The highest BCUT2D eigenvalue weighted by Crippen LogP contribution is 2.24. The zero-order valence-electron chi connectivity index (χ0n) is 9.84. The Morgan fingerprint density at radius 1 is 1.26 bits per heavy atom. The smallest absolute Gasteiger partial charge is 0.269 e. The second kappa shape index (κ2) is 5.49. The van der Waals surface area contributed by atoms with Gasteiger partial charge in [-0.3, -0.25) is 10.1 Å². The number of rotatable bonds is 4. The van der Waals surface area contributed by atoms with Crippen molar-refractivity contribution < 1.29 is 25.0 Å². The lowest BCUT2D eigenvalue weighted by Crippen LogP contribution is -2.36. The maximum absolute atomic E-state index is 10.5. The average molecular weight is 270 g/mol. The Labute approximate surface area is 108 Å². The third kappa shape index (κ3) is 2.82. The van der Waals surface area contributed by atoms with Crippen molar-refractivity contribution in [2.45, 2.75) is 24.5 Å². The summed E-state index contributed by atoms with van der Waals surface area (Å²) in [5, 5.41) is 41.5. The SMILES string of the molecule is O=[N+]([O-])c1ccc(N[C@@H]2O[C@@H](CO)[C@@H](O)[C@@H]2O)cc1. The van der Waals surface area contributed by atoms with Crippen LogP contribution < -0.4 is 5.32 Å². The van der Waals surface area contributed by atoms with Crippen molar-refractivity contribution in [3.05, 3.63) is 34.4 Å². The second-order valence-electron chi connectivity index (χ2n) is 4.21. The van der Waals surface area contributed by atoms with Gasteiger partial charge in [0, 0.05) is 17.8 Å². The molecular formula is C11H14N2O6. The van der Waals surface area contributed by atoms with Crippen LogP contribution in [0.1, 0.15) is 0 Å². The van der Waals surface area contributed by atoms with E-state index in [0.29, 0.717) is 5.69 Å². The van der Waals surface area contributed by atoms with E-state index in [-0.39, 0.29) is 5.69 Å². The van der Waals surface area contributed by atoms with Gasteiger partial charge in [-0.15, -0.1) is 0 Å². The summed E-state index contributed by atoms with van der Waals surface area (Å²) in [6.07, 6.45) is -4.10. The Morgan fingerprint density at radius 2 is 1.89 bits per heavy atom. The van der Waals surface area contributed by atoms with Crippen LogP contribution in [0, 0.1) is 10.1 Å². The first-order chi connectivity index (χ1) is 9.02. The Bertz CT molecular complexity index is 451. The van der Waals surface area contributed by atoms with Gasteiger partial charge in [-0.1, -0.05) is 0 Å². The van der Waals surface area contributed by atoms with E-state index in [1.165, 1.54) is 24.3 Å². The average Bonchev–Trinajstić information content (AvgIpc) is 2.67. The largest absolute Gasteiger partial charge is 0.394 e. The van der Waals surface area contributed by atoms with Gasteiger partial charge in [0.05, 0.1) is 11.5 Å². The first-order valence-electron chi connectivity index (χ1n) is 5.66. The molecule has 1 saturated heterocycles. The number of nitro benzene ring substituents is 1. The van der Waals surface area contributed by atoms with Crippen LogP contribution in [0.5, 0.6) is 0 Å². The van der Waals surface area contributed by atoms with Gasteiger partial charge in [-0.25, -0.2) is 0 Å². The van der Waals surface area contributed by atoms with E-state index in [0.717, 1.165) is 0 Å². The first kappa shape index (κ1) is 13.7. The van der Waals surface area contributed by atoms with Crippen molar-refractivity contribution >= 4 is 11.4 Å². The fourth-order valence-corrected chi connectivity index (χ4v) is 1.86. The molecule has 104 valence electrons. The molecule has 1 aliphatic heterocycles. The summed E-state index contributed by atoms with van der Waals surface area (Å²) >= 11 is 0. The lowest BCUT2D eigenvalue weighted by atomic mass is 10.1. The van der Waals surface area contributed by atoms with Gasteiger partial charge in [-0.05, 0) is 12.1 Å². The van der Waals surface area contributed by atoms with E-state index in [9.17, 15) is 20.3 Å². The van der Waals surface area contributed by atoms with Crippen LogP contribution in [0.4, 0.5) is 11.4 Å². The number of hydrogen-bond acceptors (Lipinski definition) is 7. The molecule has 0 bridgehead atoms. The minimum absolute atomic E-state index is 0.0493. The zero-order valence-corrected chi connectivity index (χ0v) is 9.84. The molecule has 19 heavy (non-hydrogen) atoms. The molecule has 0 aromatic heterocycles. The lowest BCUT2D eigenvalue weighted by molar-refractivity contribution is -0.384. The maximum Gasteiger partial charge on any atom is 0.269 e. The number of aliphatic hydroxyl groups excluding tert-OH is 3. The predicted molar refractivity (Wildman–Crippen MR) is 64.5 cm³/mol. The summed E-state index contributed by atoms with van der Waals surface area (Å²) < 4.78 is 5.22. The molecule has 8 heteroatoms. The van der Waals surface area contributed by atoms with E-state index < -0.39 is 36.1 Å². The molecule has 8 nitrogen and oxygen atoms in total. The van der Waals surface area contributed by atoms with Crippen LogP contribution in [0.25, 0.3) is 0 Å². The predicted octanol–water partition coefficient (Wildman–Crippen LogP) is -0.554. The van der Waals surface area contributed by atoms with Crippen molar-refractivity contribution in [3.63, 3.8) is 0 Å². The summed E-state index contributed by atoms with van der Waals surface area (Å²) in [6, 6.07) is 5.55. The summed E-state index contributed by atoms with van der Waals surface area (Å²) in [5.41, 5.74) is 0.451. The molecular weight excluding hydrogens is 256 g/mol. The number of nitrogens with zero attached hydrogens (tertiary/aromatic N) is 1. The van der Waals surface area contributed by atoms with E-state index in [1.807, 2.05) is 0 Å². The summed E-state index contributed by atoms with van der Waals surface area (Å²) in [6.45, 7) is -0.406. The number of benzene rings is 1. The van der Waals surface area contributed by atoms with Gasteiger partial charge in [0.25, 0.3) is 5.69 Å². The third-order valence-electron chi connectivity index (χ3n) is 2.93. The minimum Gasteiger partial charge on any atom is -0.394 e. The number of hydrogen-bond donors (Lipinski definition) is 4. The van der Waals surface area contributed by atoms with Gasteiger partial charge in [0.15, 0.2) is 6.23 Å². The third-order valence-corrected chi connectivity index (χ3v) is 2.93. The molecule has 1 aliphatic rings. The molecule has 0 radical (unpaired) electrons. The molecule has 1 heterocycles. The van der Waals surface area contributed by atoms with E-state index in [1.54, 1.807) is 0 Å². The van der Waals surface area contributed by atoms with Crippen LogP contribution in [-0.4, -0.2) is 51.4 Å². The minimum atomic E-state index is -1.19. The summed E-state index contributed by atoms with van der Waals surface area (Å²) in [5.74, 6) is 0. The first-order valence-corrected chi connectivity index (χ1v) is 5.66. The normalized spacial score (nSPS) is 30.3. The number of ether oxygens (including phenoxy) is 1. The van der Waals surface area contributed by atoms with Crippen LogP contribution in [0.15, 0.2) is 24.3 Å². The highest BCUT2D eigenvalue weighted by atomic mass is 16.6. The van der Waals surface area contributed by atoms with Crippen LogP contribution >= 0.6 is 0 Å². The van der Waals surface area contributed by atoms with Crippen molar-refractivity contribution in [2.24, 2.45) is 0 Å². The molecule has 4 N–H and O–H groups in total. The molecule has 1 aromatic carbocycles. The van der Waals surface area contributed by atoms with Crippen molar-refractivity contribution in [2.75, 3.05) is 11.9 Å². The monoisotopic (exact) mass is 270 g/mol. The topological polar surface area (TPSA) is 125 Å². The maximum atomic E-state index is 10.5. The number of non-ortho nitro benzene ring substituents is 1. The molecule has 4 atom stereocenters. The molecule has 1 fully saturated rings. The number of aliphatic hydroxyl groups is 3. The van der Waals surface area contributed by atoms with Crippen LogP contribution in [-0.2, 0) is 4.74 Å². The van der Waals surface area contributed by atoms with Gasteiger partial charge < -0.3 is 25.4 Å². The summed E-state index contributed by atoms with van der Waals surface area (Å²) in [4.78, 5) is 9.98. The number of nitro groups is 1. The fourth-order valence-electron chi connectivity index (χ4n) is 1.86. The molecule has 0 saturated carbocycles. The zero-order chi connectivity index (χ0) is 14.0. The van der Waals surface area contributed by atoms with Crippen LogP contribution in [0.3, 0.4) is 0 Å². The molecule has 0 aliphatic carbocycles. The second-order valence-corrected chi connectivity index (χ2v) is 4.21. The van der Waals surface area contributed by atoms with Gasteiger partial charge >= 0.3 is 0 Å². The summed E-state index contributed by atoms with van der Waals surface area (Å²) in [7, 11) is 0. The molecule has 0 amide bonds. The van der Waals surface area contributed by atoms with Crippen molar-refractivity contribution in [3.8, 4) is 0 Å². The quantitative estimate of drug-likeness (QED) is 0.427. The van der Waals surface area contributed by atoms with Gasteiger partial charge in [0.1, 0.15) is 18.3 Å². The van der Waals surface area contributed by atoms with Gasteiger partial charge in [0.2, 0.25) is 0 Å². The molecule has 0 spiro atoms. The van der Waals surface area contributed by atoms with Gasteiger partial charge in [-0.2, -0.15) is 0 Å². The Balaban J connectivity index is 2.03. The lowest BCUT2D eigenvalue weighted by Gasteiger charge is -2.17. The number of nitrogens with one attached hydrogen (secondary N) is 1. The van der Waals surface area contributed by atoms with E-state index in [2.05, 4.69) is 5.32 Å². The number of anilines is 1. The molecule has 2 rings (SSSR count). The Hall–Kier alpha value is -1.74. The fraction of sp³-hybridized carbons (Fsp3) is 0.455. The standard InChI is InChI=1S/C11H14N2O6/c14-5-8-9(15)10(16)11(19-8)12-6-1-3-7(4-2-6)13(17)18/h1-4,8-12,14-16H,5H2/t8-,9+,10-,11+/m0/s1. The van der Waals surface area contributed by atoms with Crippen LogP contribution in [0.2, 0.25) is 0 Å². The highest BCUT2D eigenvalue weighted by Gasteiger charge is 2.42. The Kier molecular flexibility index (Phi) is 3.96. The van der Waals surface area contributed by atoms with Crippen molar-refractivity contribution in [1.29, 1.82) is 0 Å². The molecule has 0 unspecified atom stereocenters. The highest BCUT2D eigenvalue weighted by molar-refractivity contribution is 5.49. The van der Waals surface area contributed by atoms with E-state index in [4.69, 9.17) is 9.84 Å². The van der Waals surface area contributed by atoms with E-state index >= 15 is 0 Å².